The molecule has 0 saturated carbocycles. The molecule has 0 aromatic heterocycles. The molecule has 0 fully saturated rings. The molecule has 68 valence electrons. The van der Waals surface area contributed by atoms with E-state index >= 15 is 0 Å². The Balaban J connectivity index is 2.19. The van der Waals surface area contributed by atoms with E-state index in [0.717, 1.165) is 12.8 Å². The molecule has 2 heteroatoms. The summed E-state index contributed by atoms with van der Waals surface area (Å²) < 4.78 is 5.11. The van der Waals surface area contributed by atoms with E-state index in [4.69, 9.17) is 4.74 Å². The molecule has 12 heavy (non-hydrogen) atoms. The lowest BCUT2D eigenvalue weighted by atomic mass is 10.1. The fraction of sp³-hybridized carbons (Fsp3) is 0.700. The molecular formula is C10H16O2. The summed E-state index contributed by atoms with van der Waals surface area (Å²) in [6, 6.07) is 0. The lowest BCUT2D eigenvalue weighted by molar-refractivity contribution is -0.147. The Kier molecular flexibility index (Phi) is 3.85. The first kappa shape index (κ1) is 9.30. The van der Waals surface area contributed by atoms with Crippen LogP contribution in [0.2, 0.25) is 0 Å². The van der Waals surface area contributed by atoms with E-state index in [-0.39, 0.29) is 12.1 Å². The van der Waals surface area contributed by atoms with Gasteiger partial charge >= 0.3 is 5.97 Å². The highest BCUT2D eigenvalue weighted by Gasteiger charge is 2.13. The number of esters is 1. The van der Waals surface area contributed by atoms with Gasteiger partial charge in [0.15, 0.2) is 0 Å². The molecule has 0 aromatic carbocycles. The van der Waals surface area contributed by atoms with Crippen LogP contribution in [0.1, 0.15) is 39.0 Å². The third kappa shape index (κ3) is 3.07. The van der Waals surface area contributed by atoms with Crippen LogP contribution in [-0.4, -0.2) is 12.1 Å². The summed E-state index contributed by atoms with van der Waals surface area (Å²) in [6.45, 7) is 2.17. The number of rotatable bonds is 4. The molecule has 0 spiro atoms. The highest BCUT2D eigenvalue weighted by molar-refractivity contribution is 5.72. The van der Waals surface area contributed by atoms with Gasteiger partial charge in [0, 0.05) is 0 Å². The zero-order valence-electron chi connectivity index (χ0n) is 7.58. The van der Waals surface area contributed by atoms with Gasteiger partial charge in [-0.05, 0) is 18.9 Å². The van der Waals surface area contributed by atoms with Crippen molar-refractivity contribution in [2.45, 2.75) is 45.1 Å². The zero-order chi connectivity index (χ0) is 8.81. The van der Waals surface area contributed by atoms with E-state index in [9.17, 15) is 4.79 Å². The van der Waals surface area contributed by atoms with E-state index < -0.39 is 0 Å². The average molecular weight is 168 g/mol. The first-order valence-corrected chi connectivity index (χ1v) is 4.69. The van der Waals surface area contributed by atoms with Crippen molar-refractivity contribution in [3.05, 3.63) is 12.2 Å². The second kappa shape index (κ2) is 4.96. The van der Waals surface area contributed by atoms with Crippen LogP contribution in [0.4, 0.5) is 0 Å². The van der Waals surface area contributed by atoms with Crippen LogP contribution >= 0.6 is 0 Å². The Morgan fingerprint density at radius 1 is 1.58 bits per heavy atom. The van der Waals surface area contributed by atoms with Gasteiger partial charge in [-0.15, -0.1) is 0 Å². The Hall–Kier alpha value is -0.790. The highest BCUT2D eigenvalue weighted by Crippen LogP contribution is 2.13. The van der Waals surface area contributed by atoms with Gasteiger partial charge in [0.1, 0.15) is 6.10 Å². The van der Waals surface area contributed by atoms with Gasteiger partial charge in [0.2, 0.25) is 0 Å². The summed E-state index contributed by atoms with van der Waals surface area (Å²) >= 11 is 0. The maximum absolute atomic E-state index is 10.8. The minimum Gasteiger partial charge on any atom is -0.458 e. The minimum atomic E-state index is -0.0843. The normalized spacial score (nSPS) is 22.4. The topological polar surface area (TPSA) is 26.3 Å². The Labute approximate surface area is 73.6 Å². The third-order valence-electron chi connectivity index (χ3n) is 2.01. The van der Waals surface area contributed by atoms with Crippen molar-refractivity contribution in [1.29, 1.82) is 0 Å². The number of cyclic esters (lactones) is 1. The number of unbranched alkanes of at least 4 members (excludes halogenated alkanes) is 2. The summed E-state index contributed by atoms with van der Waals surface area (Å²) in [6.07, 6.45) is 8.98. The van der Waals surface area contributed by atoms with Crippen molar-refractivity contribution >= 4 is 5.97 Å². The van der Waals surface area contributed by atoms with Crippen LogP contribution in [0, 0.1) is 0 Å². The molecule has 0 aromatic rings. The number of hydrogen-bond acceptors (Lipinski definition) is 2. The van der Waals surface area contributed by atoms with Crippen LogP contribution in [0.25, 0.3) is 0 Å². The molecule has 1 aliphatic heterocycles. The van der Waals surface area contributed by atoms with Crippen LogP contribution in [-0.2, 0) is 9.53 Å². The maximum atomic E-state index is 10.8. The van der Waals surface area contributed by atoms with Crippen molar-refractivity contribution in [3.8, 4) is 0 Å². The molecule has 0 bridgehead atoms. The minimum absolute atomic E-state index is 0.0535. The molecular weight excluding hydrogens is 152 g/mol. The van der Waals surface area contributed by atoms with Gasteiger partial charge in [0.25, 0.3) is 0 Å². The van der Waals surface area contributed by atoms with Gasteiger partial charge in [-0.3, -0.25) is 4.79 Å². The SMILES string of the molecule is CCCCCC1C=CCC(=O)O1. The molecule has 1 rings (SSSR count). The van der Waals surface area contributed by atoms with Crippen molar-refractivity contribution < 1.29 is 9.53 Å². The van der Waals surface area contributed by atoms with E-state index in [1.54, 1.807) is 0 Å². The van der Waals surface area contributed by atoms with Crippen LogP contribution in [0.3, 0.4) is 0 Å². The van der Waals surface area contributed by atoms with Gasteiger partial charge < -0.3 is 4.74 Å². The van der Waals surface area contributed by atoms with Crippen molar-refractivity contribution in [2.75, 3.05) is 0 Å². The van der Waals surface area contributed by atoms with Crippen LogP contribution < -0.4 is 0 Å². The molecule has 1 unspecified atom stereocenters. The Morgan fingerprint density at radius 2 is 2.42 bits per heavy atom. The van der Waals surface area contributed by atoms with E-state index in [0.29, 0.717) is 6.42 Å². The van der Waals surface area contributed by atoms with Crippen molar-refractivity contribution in [2.24, 2.45) is 0 Å². The number of carbonyl (C=O) groups is 1. The van der Waals surface area contributed by atoms with E-state index in [1.165, 1.54) is 12.8 Å². The average Bonchev–Trinajstić information content (AvgIpc) is 2.05. The zero-order valence-corrected chi connectivity index (χ0v) is 7.58. The standard InChI is InChI=1S/C10H16O2/c1-2-3-4-6-9-7-5-8-10(11)12-9/h5,7,9H,2-4,6,8H2,1H3. The molecule has 0 amide bonds. The molecule has 0 N–H and O–H groups in total. The molecule has 1 heterocycles. The smallest absolute Gasteiger partial charge is 0.310 e. The predicted molar refractivity (Wildman–Crippen MR) is 47.8 cm³/mol. The molecule has 0 saturated heterocycles. The summed E-state index contributed by atoms with van der Waals surface area (Å²) in [4.78, 5) is 10.8. The van der Waals surface area contributed by atoms with Gasteiger partial charge in [-0.1, -0.05) is 25.8 Å². The summed E-state index contributed by atoms with van der Waals surface area (Å²) in [5, 5.41) is 0. The van der Waals surface area contributed by atoms with Gasteiger partial charge in [0.05, 0.1) is 6.42 Å². The van der Waals surface area contributed by atoms with E-state index in [2.05, 4.69) is 6.92 Å². The van der Waals surface area contributed by atoms with Gasteiger partial charge in [-0.25, -0.2) is 0 Å². The van der Waals surface area contributed by atoms with Crippen molar-refractivity contribution in [3.63, 3.8) is 0 Å². The summed E-state index contributed by atoms with van der Waals surface area (Å²) in [5.41, 5.74) is 0. The van der Waals surface area contributed by atoms with E-state index in [1.807, 2.05) is 12.2 Å². The first-order chi connectivity index (χ1) is 5.83. The second-order valence-corrected chi connectivity index (χ2v) is 3.16. The fourth-order valence-corrected chi connectivity index (χ4v) is 1.32. The Bertz CT molecular complexity index is 173. The summed E-state index contributed by atoms with van der Waals surface area (Å²) in [7, 11) is 0. The molecule has 1 atom stereocenters. The van der Waals surface area contributed by atoms with Crippen LogP contribution in [0.5, 0.6) is 0 Å². The number of carbonyl (C=O) groups excluding carboxylic acids is 1. The predicted octanol–water partition coefficient (Wildman–Crippen LogP) is 2.44. The van der Waals surface area contributed by atoms with Gasteiger partial charge in [-0.2, -0.15) is 0 Å². The fourth-order valence-electron chi connectivity index (χ4n) is 1.32. The quantitative estimate of drug-likeness (QED) is 0.366. The highest BCUT2D eigenvalue weighted by atomic mass is 16.5. The third-order valence-corrected chi connectivity index (χ3v) is 2.01. The van der Waals surface area contributed by atoms with Crippen molar-refractivity contribution in [1.82, 2.24) is 0 Å². The monoisotopic (exact) mass is 168 g/mol. The number of hydrogen-bond donors (Lipinski definition) is 0. The lowest BCUT2D eigenvalue weighted by Gasteiger charge is -2.16. The molecule has 0 radical (unpaired) electrons. The first-order valence-electron chi connectivity index (χ1n) is 4.69. The molecule has 1 aliphatic rings. The maximum Gasteiger partial charge on any atom is 0.310 e. The number of ether oxygens (including phenoxy) is 1. The van der Waals surface area contributed by atoms with Crippen LogP contribution in [0.15, 0.2) is 12.2 Å². The molecule has 0 aliphatic carbocycles. The largest absolute Gasteiger partial charge is 0.458 e. The summed E-state index contributed by atoms with van der Waals surface area (Å²) in [5.74, 6) is -0.0843. The lowest BCUT2D eigenvalue weighted by Crippen LogP contribution is -2.18. The second-order valence-electron chi connectivity index (χ2n) is 3.16. The Morgan fingerprint density at radius 3 is 3.08 bits per heavy atom. The molecule has 2 nitrogen and oxygen atoms in total.